The van der Waals surface area contributed by atoms with E-state index in [1.807, 2.05) is 0 Å². The van der Waals surface area contributed by atoms with E-state index in [-0.39, 0.29) is 5.92 Å². The fraction of sp³-hybridized carbons (Fsp3) is 0.938. The minimum absolute atomic E-state index is 0.200. The van der Waals surface area contributed by atoms with Crippen LogP contribution in [-0.4, -0.2) is 47.9 Å². The molecule has 2 heterocycles. The van der Waals surface area contributed by atoms with Crippen LogP contribution in [0.3, 0.4) is 0 Å². The maximum absolute atomic E-state index is 12.1. The molecular weight excluding hydrogens is 236 g/mol. The van der Waals surface area contributed by atoms with Gasteiger partial charge < -0.3 is 4.90 Å². The van der Waals surface area contributed by atoms with Gasteiger partial charge in [-0.2, -0.15) is 0 Å². The van der Waals surface area contributed by atoms with E-state index in [2.05, 4.69) is 37.5 Å². The molecule has 110 valence electrons. The van der Waals surface area contributed by atoms with Crippen molar-refractivity contribution in [3.8, 4) is 0 Å². The Bertz CT molecular complexity index is 302. The first kappa shape index (κ1) is 14.8. The summed E-state index contributed by atoms with van der Waals surface area (Å²) in [5.41, 5.74) is 0. The second-order valence-corrected chi connectivity index (χ2v) is 6.82. The van der Waals surface area contributed by atoms with Gasteiger partial charge in [0.25, 0.3) is 0 Å². The van der Waals surface area contributed by atoms with Crippen molar-refractivity contribution in [2.45, 2.75) is 53.0 Å². The maximum Gasteiger partial charge on any atom is 0.225 e. The van der Waals surface area contributed by atoms with Crippen LogP contribution >= 0.6 is 0 Å². The van der Waals surface area contributed by atoms with Gasteiger partial charge in [-0.15, -0.1) is 0 Å². The Kier molecular flexibility index (Phi) is 4.88. The van der Waals surface area contributed by atoms with Crippen molar-refractivity contribution >= 4 is 5.91 Å². The lowest BCUT2D eigenvalue weighted by atomic mass is 9.85. The number of hydrogen-bond acceptors (Lipinski definition) is 2. The molecule has 1 atom stereocenters. The molecule has 0 bridgehead atoms. The van der Waals surface area contributed by atoms with Crippen LogP contribution in [0, 0.1) is 17.8 Å². The summed E-state index contributed by atoms with van der Waals surface area (Å²) < 4.78 is 0. The van der Waals surface area contributed by atoms with Gasteiger partial charge in [-0.25, -0.2) is 0 Å². The summed E-state index contributed by atoms with van der Waals surface area (Å²) >= 11 is 0. The van der Waals surface area contributed by atoms with Crippen molar-refractivity contribution < 1.29 is 4.79 Å². The van der Waals surface area contributed by atoms with E-state index in [0.717, 1.165) is 37.4 Å². The number of amides is 1. The number of carbonyl (C=O) groups is 1. The normalized spacial score (nSPS) is 24.6. The lowest BCUT2D eigenvalue weighted by Gasteiger charge is -2.48. The quantitative estimate of drug-likeness (QED) is 0.781. The molecule has 19 heavy (non-hydrogen) atoms. The van der Waals surface area contributed by atoms with Crippen LogP contribution in [0.2, 0.25) is 0 Å². The molecule has 3 nitrogen and oxygen atoms in total. The molecule has 2 rings (SSSR count). The molecule has 0 aliphatic carbocycles. The molecule has 0 N–H and O–H groups in total. The monoisotopic (exact) mass is 266 g/mol. The van der Waals surface area contributed by atoms with E-state index in [4.69, 9.17) is 0 Å². The van der Waals surface area contributed by atoms with E-state index >= 15 is 0 Å². The molecule has 2 aliphatic rings. The van der Waals surface area contributed by atoms with Crippen molar-refractivity contribution in [2.24, 2.45) is 17.8 Å². The van der Waals surface area contributed by atoms with Gasteiger partial charge in [0.15, 0.2) is 0 Å². The zero-order valence-electron chi connectivity index (χ0n) is 13.1. The highest BCUT2D eigenvalue weighted by Crippen LogP contribution is 2.29. The smallest absolute Gasteiger partial charge is 0.225 e. The van der Waals surface area contributed by atoms with Crippen molar-refractivity contribution in [3.63, 3.8) is 0 Å². The van der Waals surface area contributed by atoms with Gasteiger partial charge in [0, 0.05) is 38.1 Å². The number of rotatable bonds is 4. The highest BCUT2D eigenvalue weighted by molar-refractivity contribution is 5.78. The minimum Gasteiger partial charge on any atom is -0.342 e. The molecule has 0 saturated carbocycles. The Labute approximate surface area is 118 Å². The molecule has 3 heteroatoms. The first-order valence-corrected chi connectivity index (χ1v) is 8.05. The molecule has 0 radical (unpaired) electrons. The van der Waals surface area contributed by atoms with Crippen molar-refractivity contribution in [1.29, 1.82) is 0 Å². The standard InChI is InChI=1S/C16H30N2O/c1-5-13(4)16(19)17-8-6-15(7-9-17)18-10-14(11-18)12(2)3/h12-15H,5-11H2,1-4H3. The number of likely N-dealkylation sites (tertiary alicyclic amines) is 2. The highest BCUT2D eigenvalue weighted by atomic mass is 16.2. The van der Waals surface area contributed by atoms with Crippen LogP contribution in [0.5, 0.6) is 0 Å². The van der Waals surface area contributed by atoms with Crippen LogP contribution in [0.4, 0.5) is 0 Å². The number of nitrogens with zero attached hydrogens (tertiary/aromatic N) is 2. The van der Waals surface area contributed by atoms with E-state index in [0.29, 0.717) is 5.91 Å². The van der Waals surface area contributed by atoms with Gasteiger partial charge in [0.2, 0.25) is 5.91 Å². The summed E-state index contributed by atoms with van der Waals surface area (Å²) in [6, 6.07) is 0.732. The Balaban J connectivity index is 1.73. The lowest BCUT2D eigenvalue weighted by Crippen LogP contribution is -2.57. The Hall–Kier alpha value is -0.570. The van der Waals surface area contributed by atoms with Crippen LogP contribution in [0.25, 0.3) is 0 Å². The number of hydrogen-bond donors (Lipinski definition) is 0. The SMILES string of the molecule is CCC(C)C(=O)N1CCC(N2CC(C(C)C)C2)CC1. The molecule has 0 aromatic carbocycles. The third-order valence-corrected chi connectivity index (χ3v) is 5.21. The molecule has 1 unspecified atom stereocenters. The molecular formula is C16H30N2O. The fourth-order valence-electron chi connectivity index (χ4n) is 3.21. The summed E-state index contributed by atoms with van der Waals surface area (Å²) in [5, 5.41) is 0. The summed E-state index contributed by atoms with van der Waals surface area (Å²) in [7, 11) is 0. The maximum atomic E-state index is 12.1. The molecule has 2 saturated heterocycles. The first-order valence-electron chi connectivity index (χ1n) is 8.05. The van der Waals surface area contributed by atoms with Gasteiger partial charge in [0.05, 0.1) is 0 Å². The van der Waals surface area contributed by atoms with Crippen molar-refractivity contribution in [1.82, 2.24) is 9.80 Å². The van der Waals surface area contributed by atoms with E-state index in [1.54, 1.807) is 0 Å². The third-order valence-electron chi connectivity index (χ3n) is 5.21. The Morgan fingerprint density at radius 1 is 1.16 bits per heavy atom. The first-order chi connectivity index (χ1) is 9.02. The highest BCUT2D eigenvalue weighted by Gasteiger charge is 2.36. The predicted octanol–water partition coefficient (Wildman–Crippen LogP) is 2.61. The largest absolute Gasteiger partial charge is 0.342 e. The second-order valence-electron chi connectivity index (χ2n) is 6.82. The van der Waals surface area contributed by atoms with Crippen molar-refractivity contribution in [2.75, 3.05) is 26.2 Å². The third kappa shape index (κ3) is 3.31. The minimum atomic E-state index is 0.200. The van der Waals surface area contributed by atoms with E-state index in [1.165, 1.54) is 25.9 Å². The van der Waals surface area contributed by atoms with Crippen LogP contribution in [0.1, 0.15) is 47.0 Å². The topological polar surface area (TPSA) is 23.6 Å². The van der Waals surface area contributed by atoms with Crippen LogP contribution < -0.4 is 0 Å². The summed E-state index contributed by atoms with van der Waals surface area (Å²) in [6.07, 6.45) is 3.31. The predicted molar refractivity (Wildman–Crippen MR) is 79.0 cm³/mol. The summed E-state index contributed by atoms with van der Waals surface area (Å²) in [6.45, 7) is 13.3. The number of carbonyl (C=O) groups excluding carboxylic acids is 1. The molecule has 2 fully saturated rings. The molecule has 1 amide bonds. The summed E-state index contributed by atoms with van der Waals surface area (Å²) in [5.74, 6) is 2.29. The van der Waals surface area contributed by atoms with Crippen LogP contribution in [-0.2, 0) is 4.79 Å². The average Bonchev–Trinajstić information content (AvgIpc) is 2.35. The molecule has 0 aromatic rings. The average molecular weight is 266 g/mol. The second kappa shape index (κ2) is 6.25. The number of piperidine rings is 1. The zero-order valence-corrected chi connectivity index (χ0v) is 13.1. The van der Waals surface area contributed by atoms with Gasteiger partial charge in [-0.05, 0) is 31.1 Å². The van der Waals surface area contributed by atoms with Gasteiger partial charge in [-0.3, -0.25) is 9.69 Å². The van der Waals surface area contributed by atoms with Gasteiger partial charge in [0.1, 0.15) is 0 Å². The van der Waals surface area contributed by atoms with Gasteiger partial charge >= 0.3 is 0 Å². The van der Waals surface area contributed by atoms with Crippen LogP contribution in [0.15, 0.2) is 0 Å². The fourth-order valence-corrected chi connectivity index (χ4v) is 3.21. The zero-order chi connectivity index (χ0) is 14.0. The summed E-state index contributed by atoms with van der Waals surface area (Å²) in [4.78, 5) is 16.9. The Morgan fingerprint density at radius 2 is 1.74 bits per heavy atom. The molecule has 0 aromatic heterocycles. The molecule has 0 spiro atoms. The Morgan fingerprint density at radius 3 is 2.21 bits per heavy atom. The lowest BCUT2D eigenvalue weighted by molar-refractivity contribution is -0.137. The van der Waals surface area contributed by atoms with Crippen molar-refractivity contribution in [3.05, 3.63) is 0 Å². The van der Waals surface area contributed by atoms with E-state index in [9.17, 15) is 4.79 Å². The van der Waals surface area contributed by atoms with Gasteiger partial charge in [-0.1, -0.05) is 27.7 Å². The molecule has 2 aliphatic heterocycles. The van der Waals surface area contributed by atoms with E-state index < -0.39 is 0 Å².